The molecule has 198 valence electrons. The predicted octanol–water partition coefficient (Wildman–Crippen LogP) is 4.19. The molecule has 1 fully saturated rings. The van der Waals surface area contributed by atoms with Gasteiger partial charge in [-0.05, 0) is 30.7 Å². The van der Waals surface area contributed by atoms with E-state index in [-0.39, 0.29) is 33.9 Å². The standard InChI is InChI=1S/C27H29F2N7O2/c1-16-12-19-23(29)21(13-20(28)24(19)33-16)38-26-22(27(37)35(2)3)25(31-15-32-26)34-18-6-4-17(5-7-18)14-36-10-8-30-9-11-36/h4-7,12-13,15,30,33H,8-11,14H2,1-3H3,(H,31,32,34). The van der Waals surface area contributed by atoms with Gasteiger partial charge >= 0.3 is 0 Å². The summed E-state index contributed by atoms with van der Waals surface area (Å²) in [6.45, 7) is 6.52. The maximum atomic E-state index is 15.2. The molecule has 0 atom stereocenters. The number of hydrogen-bond acceptors (Lipinski definition) is 7. The number of benzene rings is 2. The molecule has 0 unspecified atom stereocenters. The molecule has 2 aromatic carbocycles. The lowest BCUT2D eigenvalue weighted by Gasteiger charge is -2.27. The summed E-state index contributed by atoms with van der Waals surface area (Å²) in [5.41, 5.74) is 2.51. The maximum absolute atomic E-state index is 15.2. The number of carbonyl (C=O) groups is 1. The van der Waals surface area contributed by atoms with Gasteiger partial charge in [0.05, 0.1) is 5.52 Å². The van der Waals surface area contributed by atoms with E-state index in [0.717, 1.165) is 38.8 Å². The Morgan fingerprint density at radius 2 is 1.87 bits per heavy atom. The number of halogens is 2. The molecule has 1 amide bonds. The highest BCUT2D eigenvalue weighted by Crippen LogP contribution is 2.35. The number of H-pyrrole nitrogens is 1. The third-order valence-electron chi connectivity index (χ3n) is 6.37. The predicted molar refractivity (Wildman–Crippen MR) is 141 cm³/mol. The number of hydrogen-bond donors (Lipinski definition) is 3. The van der Waals surface area contributed by atoms with Gasteiger partial charge in [-0.15, -0.1) is 0 Å². The van der Waals surface area contributed by atoms with Crippen LogP contribution in [0.25, 0.3) is 10.9 Å². The van der Waals surface area contributed by atoms with E-state index in [9.17, 15) is 9.18 Å². The molecule has 3 heterocycles. The van der Waals surface area contributed by atoms with Gasteiger partial charge in [-0.25, -0.2) is 18.7 Å². The first-order valence-corrected chi connectivity index (χ1v) is 12.3. The Balaban J connectivity index is 1.44. The molecule has 38 heavy (non-hydrogen) atoms. The zero-order valence-corrected chi connectivity index (χ0v) is 21.4. The highest BCUT2D eigenvalue weighted by Gasteiger charge is 2.25. The molecular formula is C27H29F2N7O2. The molecule has 0 saturated carbocycles. The topological polar surface area (TPSA) is 98.4 Å². The van der Waals surface area contributed by atoms with Gasteiger partial charge in [0.15, 0.2) is 23.2 Å². The maximum Gasteiger partial charge on any atom is 0.262 e. The number of amides is 1. The van der Waals surface area contributed by atoms with Crippen molar-refractivity contribution >= 4 is 28.3 Å². The van der Waals surface area contributed by atoms with Gasteiger partial charge < -0.3 is 25.3 Å². The Bertz CT molecular complexity index is 1460. The molecular weight excluding hydrogens is 492 g/mol. The van der Waals surface area contributed by atoms with Crippen LogP contribution in [-0.4, -0.2) is 70.9 Å². The van der Waals surface area contributed by atoms with E-state index in [0.29, 0.717) is 11.4 Å². The highest BCUT2D eigenvalue weighted by atomic mass is 19.1. The van der Waals surface area contributed by atoms with Gasteiger partial charge in [-0.1, -0.05) is 12.1 Å². The van der Waals surface area contributed by atoms with Crippen LogP contribution < -0.4 is 15.4 Å². The summed E-state index contributed by atoms with van der Waals surface area (Å²) in [5, 5.41) is 6.54. The molecule has 5 rings (SSSR count). The number of aromatic nitrogens is 3. The van der Waals surface area contributed by atoms with E-state index >= 15 is 4.39 Å². The number of anilines is 2. The molecule has 9 nitrogen and oxygen atoms in total. The zero-order chi connectivity index (χ0) is 26.8. The normalized spacial score (nSPS) is 14.0. The van der Waals surface area contributed by atoms with Crippen molar-refractivity contribution in [3.63, 3.8) is 0 Å². The zero-order valence-electron chi connectivity index (χ0n) is 21.4. The summed E-state index contributed by atoms with van der Waals surface area (Å²) < 4.78 is 35.6. The highest BCUT2D eigenvalue weighted by molar-refractivity contribution is 6.01. The van der Waals surface area contributed by atoms with Gasteiger partial charge in [0, 0.05) is 69.7 Å². The van der Waals surface area contributed by atoms with Crippen LogP contribution in [0, 0.1) is 18.6 Å². The fourth-order valence-corrected chi connectivity index (χ4v) is 4.43. The number of fused-ring (bicyclic) bond motifs is 1. The first kappa shape index (κ1) is 25.6. The minimum Gasteiger partial charge on any atom is -0.435 e. The molecule has 0 spiro atoms. The Hall–Kier alpha value is -4.09. The fraction of sp³-hybridized carbons (Fsp3) is 0.296. The van der Waals surface area contributed by atoms with Crippen LogP contribution in [0.1, 0.15) is 21.6 Å². The van der Waals surface area contributed by atoms with Crippen molar-refractivity contribution in [3.8, 4) is 11.6 Å². The second-order valence-corrected chi connectivity index (χ2v) is 9.46. The summed E-state index contributed by atoms with van der Waals surface area (Å²) in [5.74, 6) is -2.30. The molecule has 1 aliphatic heterocycles. The number of nitrogens with zero attached hydrogens (tertiary/aromatic N) is 4. The number of carbonyl (C=O) groups excluding carboxylic acids is 1. The summed E-state index contributed by atoms with van der Waals surface area (Å²) in [6.07, 6.45) is 1.20. The summed E-state index contributed by atoms with van der Waals surface area (Å²) in [6, 6.07) is 10.3. The summed E-state index contributed by atoms with van der Waals surface area (Å²) in [4.78, 5) is 28.0. The van der Waals surface area contributed by atoms with Gasteiger partial charge in [0.25, 0.3) is 5.91 Å². The van der Waals surface area contributed by atoms with Crippen LogP contribution >= 0.6 is 0 Å². The second kappa shape index (κ2) is 10.7. The van der Waals surface area contributed by atoms with E-state index in [2.05, 4.69) is 30.5 Å². The van der Waals surface area contributed by atoms with Gasteiger partial charge in [-0.3, -0.25) is 9.69 Å². The Labute approximate surface area is 218 Å². The van der Waals surface area contributed by atoms with Crippen molar-refractivity contribution in [2.45, 2.75) is 13.5 Å². The van der Waals surface area contributed by atoms with Crippen molar-refractivity contribution in [2.24, 2.45) is 0 Å². The first-order chi connectivity index (χ1) is 18.3. The minimum atomic E-state index is -0.762. The van der Waals surface area contributed by atoms with Crippen LogP contribution in [0.5, 0.6) is 11.6 Å². The number of rotatable bonds is 7. The monoisotopic (exact) mass is 521 g/mol. The summed E-state index contributed by atoms with van der Waals surface area (Å²) in [7, 11) is 3.14. The first-order valence-electron chi connectivity index (χ1n) is 12.3. The molecule has 1 aliphatic rings. The lowest BCUT2D eigenvalue weighted by Crippen LogP contribution is -2.42. The molecule has 0 radical (unpaired) electrons. The second-order valence-electron chi connectivity index (χ2n) is 9.46. The summed E-state index contributed by atoms with van der Waals surface area (Å²) >= 11 is 0. The van der Waals surface area contributed by atoms with E-state index in [1.807, 2.05) is 24.3 Å². The molecule has 2 aromatic heterocycles. The van der Waals surface area contributed by atoms with Crippen molar-refractivity contribution in [2.75, 3.05) is 45.6 Å². The number of aromatic amines is 1. The Morgan fingerprint density at radius 3 is 2.58 bits per heavy atom. The Morgan fingerprint density at radius 1 is 1.13 bits per heavy atom. The third-order valence-corrected chi connectivity index (χ3v) is 6.37. The number of piperazine rings is 1. The smallest absolute Gasteiger partial charge is 0.262 e. The average Bonchev–Trinajstić information content (AvgIpc) is 3.31. The number of ether oxygens (including phenoxy) is 1. The van der Waals surface area contributed by atoms with Gasteiger partial charge in [0.2, 0.25) is 5.88 Å². The van der Waals surface area contributed by atoms with Crippen LogP contribution in [0.15, 0.2) is 42.7 Å². The number of aryl methyl sites for hydroxylation is 1. The quantitative estimate of drug-likeness (QED) is 0.336. The lowest BCUT2D eigenvalue weighted by atomic mass is 10.1. The van der Waals surface area contributed by atoms with Crippen molar-refractivity contribution in [1.29, 1.82) is 0 Å². The van der Waals surface area contributed by atoms with E-state index < -0.39 is 17.5 Å². The molecule has 4 aromatic rings. The van der Waals surface area contributed by atoms with Crippen LogP contribution in [0.2, 0.25) is 0 Å². The minimum absolute atomic E-state index is 0.00690. The van der Waals surface area contributed by atoms with E-state index in [1.54, 1.807) is 21.0 Å². The molecule has 3 N–H and O–H groups in total. The SMILES string of the molecule is Cc1cc2c(F)c(Oc3ncnc(Nc4ccc(CN5CCNCC5)cc4)c3C(=O)N(C)C)cc(F)c2[nH]1. The van der Waals surface area contributed by atoms with Crippen LogP contribution in [-0.2, 0) is 6.54 Å². The van der Waals surface area contributed by atoms with Gasteiger partial charge in [-0.2, -0.15) is 0 Å². The lowest BCUT2D eigenvalue weighted by molar-refractivity contribution is 0.0825. The third kappa shape index (κ3) is 5.29. The van der Waals surface area contributed by atoms with Crippen molar-refractivity contribution < 1.29 is 18.3 Å². The molecule has 0 bridgehead atoms. The number of nitrogens with one attached hydrogen (secondary N) is 3. The fourth-order valence-electron chi connectivity index (χ4n) is 4.43. The van der Waals surface area contributed by atoms with Crippen molar-refractivity contribution in [1.82, 2.24) is 30.1 Å². The van der Waals surface area contributed by atoms with E-state index in [1.165, 1.54) is 22.9 Å². The molecule has 0 aliphatic carbocycles. The largest absolute Gasteiger partial charge is 0.435 e. The van der Waals surface area contributed by atoms with Crippen LogP contribution in [0.4, 0.5) is 20.3 Å². The molecule has 1 saturated heterocycles. The van der Waals surface area contributed by atoms with Crippen LogP contribution in [0.3, 0.4) is 0 Å². The van der Waals surface area contributed by atoms with Gasteiger partial charge in [0.1, 0.15) is 11.9 Å². The Kier molecular flexibility index (Phi) is 7.21. The molecule has 11 heteroatoms. The average molecular weight is 522 g/mol. The van der Waals surface area contributed by atoms with E-state index in [4.69, 9.17) is 4.74 Å². The van der Waals surface area contributed by atoms with Crippen molar-refractivity contribution in [3.05, 3.63) is 71.2 Å².